The topological polar surface area (TPSA) is 61.5 Å². The van der Waals surface area contributed by atoms with E-state index in [0.29, 0.717) is 12.8 Å². The lowest BCUT2D eigenvalue weighted by Gasteiger charge is -2.27. The maximum Gasteiger partial charge on any atom is 0.326 e. The van der Waals surface area contributed by atoms with Crippen LogP contribution in [-0.2, 0) is 22.4 Å². The van der Waals surface area contributed by atoms with Gasteiger partial charge in [-0.2, -0.15) is 0 Å². The molecule has 2 aromatic rings. The maximum absolute atomic E-state index is 12.3. The van der Waals surface area contributed by atoms with Crippen molar-refractivity contribution in [1.82, 2.24) is 0 Å². The van der Waals surface area contributed by atoms with Gasteiger partial charge in [-0.05, 0) is 51.9 Å². The Morgan fingerprint density at radius 2 is 1.83 bits per heavy atom. The number of nitrogens with two attached hydrogens (primary N) is 1. The van der Waals surface area contributed by atoms with Crippen molar-refractivity contribution in [3.63, 3.8) is 0 Å². The van der Waals surface area contributed by atoms with Crippen LogP contribution in [0.1, 0.15) is 11.1 Å². The lowest BCUT2D eigenvalue weighted by Crippen LogP contribution is -2.52. The molecule has 0 saturated heterocycles. The number of halogens is 1. The summed E-state index contributed by atoms with van der Waals surface area (Å²) in [5, 5.41) is 0. The molecule has 0 aliphatic rings. The number of esters is 1. The normalized spacial score (nSPS) is 13.2. The van der Waals surface area contributed by atoms with Crippen molar-refractivity contribution in [3.05, 3.63) is 63.2 Å². The number of rotatable bonds is 6. The Balaban J connectivity index is 2.34. The highest BCUT2D eigenvalue weighted by molar-refractivity contribution is 14.1. The van der Waals surface area contributed by atoms with Crippen LogP contribution in [0.3, 0.4) is 0 Å². The SMILES string of the molecule is COC(=O)[C@@](N)(Cc1ccccc1)Cc1cc(OC)ccc1I. The molecular weight excluding hydrogens is 405 g/mol. The van der Waals surface area contributed by atoms with Gasteiger partial charge in [0.25, 0.3) is 0 Å². The van der Waals surface area contributed by atoms with Gasteiger partial charge >= 0.3 is 5.97 Å². The third kappa shape index (κ3) is 4.45. The first-order valence-corrected chi connectivity index (χ1v) is 8.30. The highest BCUT2D eigenvalue weighted by Crippen LogP contribution is 2.25. The van der Waals surface area contributed by atoms with Crippen LogP contribution in [0, 0.1) is 3.57 Å². The van der Waals surface area contributed by atoms with Crippen LogP contribution in [-0.4, -0.2) is 25.7 Å². The standard InChI is InChI=1S/C18H20INO3/c1-22-15-8-9-16(19)14(10-15)12-18(20,17(21)23-2)11-13-6-4-3-5-7-13/h3-10H,11-12,20H2,1-2H3/t18-/m1/s1. The molecule has 0 aliphatic carbocycles. The van der Waals surface area contributed by atoms with Crippen molar-refractivity contribution >= 4 is 28.6 Å². The quantitative estimate of drug-likeness (QED) is 0.571. The van der Waals surface area contributed by atoms with E-state index in [2.05, 4.69) is 22.6 Å². The molecule has 0 aliphatic heterocycles. The van der Waals surface area contributed by atoms with Crippen molar-refractivity contribution in [1.29, 1.82) is 0 Å². The smallest absolute Gasteiger partial charge is 0.326 e. The van der Waals surface area contributed by atoms with E-state index in [0.717, 1.165) is 20.4 Å². The Labute approximate surface area is 150 Å². The zero-order valence-electron chi connectivity index (χ0n) is 13.2. The first kappa shape index (κ1) is 17.7. The molecule has 0 fully saturated rings. The molecule has 0 spiro atoms. The van der Waals surface area contributed by atoms with Gasteiger partial charge in [-0.1, -0.05) is 30.3 Å². The third-order valence-corrected chi connectivity index (χ3v) is 4.77. The summed E-state index contributed by atoms with van der Waals surface area (Å²) >= 11 is 2.24. The van der Waals surface area contributed by atoms with E-state index in [4.69, 9.17) is 15.2 Å². The van der Waals surface area contributed by atoms with Crippen LogP contribution in [0.5, 0.6) is 5.75 Å². The van der Waals surface area contributed by atoms with E-state index in [-0.39, 0.29) is 0 Å². The van der Waals surface area contributed by atoms with E-state index in [1.54, 1.807) is 7.11 Å². The van der Waals surface area contributed by atoms with E-state index in [1.165, 1.54) is 7.11 Å². The van der Waals surface area contributed by atoms with Gasteiger partial charge in [-0.15, -0.1) is 0 Å². The monoisotopic (exact) mass is 425 g/mol. The Morgan fingerprint density at radius 1 is 1.13 bits per heavy atom. The summed E-state index contributed by atoms with van der Waals surface area (Å²) in [4.78, 5) is 12.3. The number of carbonyl (C=O) groups excluding carboxylic acids is 1. The summed E-state index contributed by atoms with van der Waals surface area (Å²) in [6.07, 6.45) is 0.790. The highest BCUT2D eigenvalue weighted by atomic mass is 127. The predicted octanol–water partition coefficient (Wildman–Crippen LogP) is 2.96. The molecule has 0 unspecified atom stereocenters. The molecule has 0 amide bonds. The van der Waals surface area contributed by atoms with Crippen molar-refractivity contribution in [2.45, 2.75) is 18.4 Å². The van der Waals surface area contributed by atoms with Crippen LogP contribution < -0.4 is 10.5 Å². The van der Waals surface area contributed by atoms with Crippen molar-refractivity contribution in [2.24, 2.45) is 5.73 Å². The van der Waals surface area contributed by atoms with E-state index >= 15 is 0 Å². The van der Waals surface area contributed by atoms with Crippen LogP contribution in [0.25, 0.3) is 0 Å². The van der Waals surface area contributed by atoms with E-state index < -0.39 is 11.5 Å². The van der Waals surface area contributed by atoms with Gasteiger partial charge in [0.2, 0.25) is 0 Å². The molecule has 0 aromatic heterocycles. The fraction of sp³-hybridized carbons (Fsp3) is 0.278. The minimum atomic E-state index is -1.12. The molecule has 0 saturated carbocycles. The van der Waals surface area contributed by atoms with Gasteiger partial charge in [-0.3, -0.25) is 4.79 Å². The number of benzene rings is 2. The first-order valence-electron chi connectivity index (χ1n) is 7.22. The van der Waals surface area contributed by atoms with Gasteiger partial charge in [0.15, 0.2) is 0 Å². The maximum atomic E-state index is 12.3. The number of hydrogen-bond acceptors (Lipinski definition) is 4. The van der Waals surface area contributed by atoms with Crippen LogP contribution in [0.2, 0.25) is 0 Å². The molecule has 0 heterocycles. The fourth-order valence-electron chi connectivity index (χ4n) is 2.52. The Bertz CT molecular complexity index is 675. The van der Waals surface area contributed by atoms with Crippen molar-refractivity contribution in [2.75, 3.05) is 14.2 Å². The summed E-state index contributed by atoms with van der Waals surface area (Å²) in [6, 6.07) is 15.5. The largest absolute Gasteiger partial charge is 0.497 e. The van der Waals surface area contributed by atoms with Gasteiger partial charge < -0.3 is 15.2 Å². The number of hydrogen-bond donors (Lipinski definition) is 1. The molecule has 0 radical (unpaired) electrons. The van der Waals surface area contributed by atoms with Gasteiger partial charge in [0, 0.05) is 16.4 Å². The fourth-order valence-corrected chi connectivity index (χ4v) is 3.05. The zero-order chi connectivity index (χ0) is 16.9. The first-order chi connectivity index (χ1) is 11.0. The summed E-state index contributed by atoms with van der Waals surface area (Å²) in [6.45, 7) is 0. The molecule has 5 heteroatoms. The minimum absolute atomic E-state index is 0.379. The lowest BCUT2D eigenvalue weighted by atomic mass is 9.85. The molecule has 23 heavy (non-hydrogen) atoms. The lowest BCUT2D eigenvalue weighted by molar-refractivity contribution is -0.147. The molecule has 0 bridgehead atoms. The molecule has 122 valence electrons. The van der Waals surface area contributed by atoms with Gasteiger partial charge in [0.1, 0.15) is 11.3 Å². The van der Waals surface area contributed by atoms with E-state index in [1.807, 2.05) is 48.5 Å². The average molecular weight is 425 g/mol. The molecule has 1 atom stereocenters. The Morgan fingerprint density at radius 3 is 2.43 bits per heavy atom. The third-order valence-electron chi connectivity index (χ3n) is 3.71. The number of methoxy groups -OCH3 is 2. The Kier molecular flexibility index (Phi) is 6.01. The highest BCUT2D eigenvalue weighted by Gasteiger charge is 2.36. The van der Waals surface area contributed by atoms with Gasteiger partial charge in [-0.25, -0.2) is 0 Å². The Hall–Kier alpha value is -1.60. The van der Waals surface area contributed by atoms with Crippen LogP contribution in [0.15, 0.2) is 48.5 Å². The van der Waals surface area contributed by atoms with Crippen LogP contribution >= 0.6 is 22.6 Å². The second-order valence-corrected chi connectivity index (χ2v) is 6.61. The molecule has 2 rings (SSSR count). The molecule has 2 N–H and O–H groups in total. The summed E-state index contributed by atoms with van der Waals surface area (Å²) < 4.78 is 11.3. The molecule has 2 aromatic carbocycles. The van der Waals surface area contributed by atoms with E-state index in [9.17, 15) is 4.79 Å². The van der Waals surface area contributed by atoms with Crippen molar-refractivity contribution < 1.29 is 14.3 Å². The van der Waals surface area contributed by atoms with Gasteiger partial charge in [0.05, 0.1) is 14.2 Å². The molecule has 4 nitrogen and oxygen atoms in total. The summed E-state index contributed by atoms with van der Waals surface area (Å²) in [5.74, 6) is 0.326. The summed E-state index contributed by atoms with van der Waals surface area (Å²) in [5.41, 5.74) is 7.30. The number of ether oxygens (including phenoxy) is 2. The second kappa shape index (κ2) is 7.79. The molecular formula is C18H20INO3. The average Bonchev–Trinajstić information content (AvgIpc) is 2.57. The predicted molar refractivity (Wildman–Crippen MR) is 98.5 cm³/mol. The van der Waals surface area contributed by atoms with Crippen molar-refractivity contribution in [3.8, 4) is 5.75 Å². The number of carbonyl (C=O) groups is 1. The zero-order valence-corrected chi connectivity index (χ0v) is 15.4. The minimum Gasteiger partial charge on any atom is -0.497 e. The summed E-state index contributed by atoms with van der Waals surface area (Å²) in [7, 11) is 2.98. The van der Waals surface area contributed by atoms with Crippen LogP contribution in [0.4, 0.5) is 0 Å². The second-order valence-electron chi connectivity index (χ2n) is 5.44.